The van der Waals surface area contributed by atoms with Crippen molar-refractivity contribution in [1.29, 1.82) is 0 Å². The van der Waals surface area contributed by atoms with Crippen molar-refractivity contribution in [1.82, 2.24) is 19.6 Å². The number of halogens is 1. The van der Waals surface area contributed by atoms with Crippen LogP contribution in [0.4, 0.5) is 9.18 Å². The van der Waals surface area contributed by atoms with Crippen molar-refractivity contribution in [3.63, 3.8) is 0 Å². The summed E-state index contributed by atoms with van der Waals surface area (Å²) in [5, 5.41) is 5.53. The molecule has 3 aromatic rings. The monoisotopic (exact) mass is 520 g/mol. The molecule has 202 valence electrons. The van der Waals surface area contributed by atoms with Crippen LogP contribution in [0.25, 0.3) is 16.5 Å². The first-order chi connectivity index (χ1) is 18.1. The second kappa shape index (κ2) is 11.4. The molecule has 1 aromatic heterocycles. The lowest BCUT2D eigenvalue weighted by Gasteiger charge is -2.35. The van der Waals surface area contributed by atoms with Gasteiger partial charge in [0.05, 0.1) is 18.3 Å². The summed E-state index contributed by atoms with van der Waals surface area (Å²) in [4.78, 5) is 28.6. The number of carbonyl (C=O) groups excluding carboxylic acids is 2. The molecular formula is C30H37FN4O3. The number of aryl methyl sites for hydroxylation is 2. The van der Waals surface area contributed by atoms with Crippen molar-refractivity contribution >= 4 is 28.5 Å². The SMILES string of the molecule is CC/C=C(/c1ccc2c(cnn2CCC(=O)N2CCN(C(=O)OC(C)(C)C)CC2)c1)c1ccc(F)cc1C. The summed E-state index contributed by atoms with van der Waals surface area (Å²) < 4.78 is 21.0. The largest absolute Gasteiger partial charge is 0.444 e. The van der Waals surface area contributed by atoms with Gasteiger partial charge in [0.2, 0.25) is 5.91 Å². The Bertz CT molecular complexity index is 1350. The molecule has 2 aromatic carbocycles. The molecule has 1 aliphatic heterocycles. The van der Waals surface area contributed by atoms with Gasteiger partial charge in [0.25, 0.3) is 0 Å². The Morgan fingerprint density at radius 3 is 2.42 bits per heavy atom. The number of carbonyl (C=O) groups is 2. The first-order valence-corrected chi connectivity index (χ1v) is 13.2. The average molecular weight is 521 g/mol. The van der Waals surface area contributed by atoms with Crippen molar-refractivity contribution < 1.29 is 18.7 Å². The summed E-state index contributed by atoms with van der Waals surface area (Å²) in [6.45, 7) is 11.9. The minimum atomic E-state index is -0.537. The standard InChI is InChI=1S/C30H37FN4O3/c1-6-7-26(25-10-9-24(31)18-21(25)2)22-8-11-27-23(19-22)20-32-35(27)13-12-28(36)33-14-16-34(17-15-33)29(37)38-30(3,4)5/h7-11,18-20H,6,12-17H2,1-5H3/b26-7-. The van der Waals surface area contributed by atoms with E-state index in [4.69, 9.17) is 4.74 Å². The Morgan fingerprint density at radius 2 is 1.76 bits per heavy atom. The fourth-order valence-corrected chi connectivity index (χ4v) is 4.77. The van der Waals surface area contributed by atoms with Gasteiger partial charge in [0, 0.05) is 38.0 Å². The zero-order valence-electron chi connectivity index (χ0n) is 23.0. The molecule has 2 amide bonds. The Kier molecular flexibility index (Phi) is 8.19. The van der Waals surface area contributed by atoms with E-state index in [0.717, 1.165) is 39.6 Å². The fraction of sp³-hybridized carbons (Fsp3) is 0.433. The number of benzene rings is 2. The maximum atomic E-state index is 13.7. The zero-order valence-corrected chi connectivity index (χ0v) is 23.0. The van der Waals surface area contributed by atoms with Gasteiger partial charge in [-0.2, -0.15) is 5.10 Å². The highest BCUT2D eigenvalue weighted by Gasteiger charge is 2.27. The molecular weight excluding hydrogens is 483 g/mol. The van der Waals surface area contributed by atoms with E-state index >= 15 is 0 Å². The van der Waals surface area contributed by atoms with E-state index in [1.54, 1.807) is 15.9 Å². The Labute approximate surface area is 223 Å². The van der Waals surface area contributed by atoms with Crippen LogP contribution in [0.5, 0.6) is 0 Å². The summed E-state index contributed by atoms with van der Waals surface area (Å²) in [6, 6.07) is 11.1. The molecule has 7 nitrogen and oxygen atoms in total. The predicted octanol–water partition coefficient (Wildman–Crippen LogP) is 5.79. The third-order valence-electron chi connectivity index (χ3n) is 6.66. The van der Waals surface area contributed by atoms with E-state index in [1.165, 1.54) is 6.07 Å². The van der Waals surface area contributed by atoms with Crippen molar-refractivity contribution in [3.8, 4) is 0 Å². The lowest BCUT2D eigenvalue weighted by Crippen LogP contribution is -2.51. The van der Waals surface area contributed by atoms with Crippen molar-refractivity contribution in [3.05, 3.63) is 71.2 Å². The van der Waals surface area contributed by atoms with E-state index in [-0.39, 0.29) is 17.8 Å². The lowest BCUT2D eigenvalue weighted by molar-refractivity contribution is -0.133. The van der Waals surface area contributed by atoms with Gasteiger partial charge in [-0.25, -0.2) is 9.18 Å². The number of allylic oxidation sites excluding steroid dienone is 1. The Hall–Kier alpha value is -3.68. The number of hydrogen-bond donors (Lipinski definition) is 0. The van der Waals surface area contributed by atoms with Crippen LogP contribution in [0.3, 0.4) is 0 Å². The molecule has 38 heavy (non-hydrogen) atoms. The van der Waals surface area contributed by atoms with E-state index in [0.29, 0.717) is 39.1 Å². The topological polar surface area (TPSA) is 67.7 Å². The highest BCUT2D eigenvalue weighted by Crippen LogP contribution is 2.29. The van der Waals surface area contributed by atoms with Crippen molar-refractivity contribution in [2.75, 3.05) is 26.2 Å². The molecule has 0 N–H and O–H groups in total. The third-order valence-corrected chi connectivity index (χ3v) is 6.66. The predicted molar refractivity (Wildman–Crippen MR) is 147 cm³/mol. The quantitative estimate of drug-likeness (QED) is 0.412. The van der Waals surface area contributed by atoms with Gasteiger partial charge in [0.1, 0.15) is 11.4 Å². The number of ether oxygens (including phenoxy) is 1. The zero-order chi connectivity index (χ0) is 27.4. The molecule has 0 radical (unpaired) electrons. The van der Waals surface area contributed by atoms with Crippen LogP contribution in [0.15, 0.2) is 48.7 Å². The maximum Gasteiger partial charge on any atom is 0.410 e. The molecule has 0 saturated carbocycles. The highest BCUT2D eigenvalue weighted by molar-refractivity contribution is 5.88. The molecule has 0 bridgehead atoms. The first kappa shape index (κ1) is 27.4. The summed E-state index contributed by atoms with van der Waals surface area (Å²) in [5.41, 5.74) is 4.45. The summed E-state index contributed by atoms with van der Waals surface area (Å²) in [5.74, 6) is -0.188. The van der Waals surface area contributed by atoms with Gasteiger partial charge in [-0.1, -0.05) is 25.1 Å². The van der Waals surface area contributed by atoms with Crippen LogP contribution in [0.2, 0.25) is 0 Å². The highest BCUT2D eigenvalue weighted by atomic mass is 19.1. The molecule has 0 aliphatic carbocycles. The normalized spacial score (nSPS) is 14.7. The van der Waals surface area contributed by atoms with Gasteiger partial charge < -0.3 is 14.5 Å². The van der Waals surface area contributed by atoms with Crippen LogP contribution in [-0.4, -0.2) is 63.4 Å². The summed E-state index contributed by atoms with van der Waals surface area (Å²) >= 11 is 0. The minimum absolute atomic E-state index is 0.0501. The molecule has 0 atom stereocenters. The molecule has 0 unspecified atom stereocenters. The molecule has 1 aliphatic rings. The number of aromatic nitrogens is 2. The van der Waals surface area contributed by atoms with Crippen LogP contribution in [-0.2, 0) is 16.1 Å². The first-order valence-electron chi connectivity index (χ1n) is 13.2. The smallest absolute Gasteiger partial charge is 0.410 e. The van der Waals surface area contributed by atoms with Gasteiger partial charge >= 0.3 is 6.09 Å². The average Bonchev–Trinajstić information content (AvgIpc) is 3.27. The fourth-order valence-electron chi connectivity index (χ4n) is 4.77. The molecule has 1 saturated heterocycles. The number of hydrogen-bond acceptors (Lipinski definition) is 4. The number of rotatable bonds is 6. The second-order valence-electron chi connectivity index (χ2n) is 10.7. The second-order valence-corrected chi connectivity index (χ2v) is 10.7. The van der Waals surface area contributed by atoms with Crippen LogP contribution in [0, 0.1) is 12.7 Å². The molecule has 0 spiro atoms. The van der Waals surface area contributed by atoms with E-state index in [2.05, 4.69) is 30.2 Å². The molecule has 8 heteroatoms. The Morgan fingerprint density at radius 1 is 1.05 bits per heavy atom. The third kappa shape index (κ3) is 6.41. The van der Waals surface area contributed by atoms with E-state index in [9.17, 15) is 14.0 Å². The van der Waals surface area contributed by atoms with Gasteiger partial charge in [0.15, 0.2) is 0 Å². The van der Waals surface area contributed by atoms with E-state index < -0.39 is 5.60 Å². The Balaban J connectivity index is 1.40. The van der Waals surface area contributed by atoms with Crippen molar-refractivity contribution in [2.45, 2.75) is 59.6 Å². The van der Waals surface area contributed by atoms with Crippen LogP contribution >= 0.6 is 0 Å². The van der Waals surface area contributed by atoms with Crippen LogP contribution < -0.4 is 0 Å². The molecule has 1 fully saturated rings. The molecule has 4 rings (SSSR count). The van der Waals surface area contributed by atoms with E-state index in [1.807, 2.05) is 50.7 Å². The number of amides is 2. The molecule has 2 heterocycles. The summed E-state index contributed by atoms with van der Waals surface area (Å²) in [7, 11) is 0. The minimum Gasteiger partial charge on any atom is -0.444 e. The van der Waals surface area contributed by atoms with Gasteiger partial charge in [-0.15, -0.1) is 0 Å². The lowest BCUT2D eigenvalue weighted by atomic mass is 9.93. The summed E-state index contributed by atoms with van der Waals surface area (Å²) in [6.07, 6.45) is 4.84. The van der Waals surface area contributed by atoms with Gasteiger partial charge in [-0.05, 0) is 80.6 Å². The maximum absolute atomic E-state index is 13.7. The van der Waals surface area contributed by atoms with Crippen LogP contribution in [0.1, 0.15) is 57.2 Å². The van der Waals surface area contributed by atoms with Crippen molar-refractivity contribution in [2.24, 2.45) is 0 Å². The number of fused-ring (bicyclic) bond motifs is 1. The number of nitrogens with zero attached hydrogens (tertiary/aromatic N) is 4. The van der Waals surface area contributed by atoms with Gasteiger partial charge in [-0.3, -0.25) is 9.48 Å². The number of piperazine rings is 1.